The van der Waals surface area contributed by atoms with Crippen molar-refractivity contribution in [2.75, 3.05) is 79.2 Å². The molecule has 0 unspecified atom stereocenters. The topological polar surface area (TPSA) is 228 Å². The van der Waals surface area contributed by atoms with Gasteiger partial charge in [-0.1, -0.05) is 36.9 Å². The number of carbonyl (C=O) groups is 4. The predicted molar refractivity (Wildman–Crippen MR) is 190 cm³/mol. The summed E-state index contributed by atoms with van der Waals surface area (Å²) in [6, 6.07) is 5.32. The summed E-state index contributed by atoms with van der Waals surface area (Å²) in [5, 5.41) is 33.1. The molecule has 50 heavy (non-hydrogen) atoms. The Hall–Kier alpha value is -2.57. The third-order valence-electron chi connectivity index (χ3n) is 6.90. The summed E-state index contributed by atoms with van der Waals surface area (Å²) in [6.07, 6.45) is 0.745. The van der Waals surface area contributed by atoms with Gasteiger partial charge in [0.25, 0.3) is 0 Å². The van der Waals surface area contributed by atoms with Gasteiger partial charge >= 0.3 is 17.9 Å². The minimum Gasteiger partial charge on any atom is -0.481 e. The zero-order valence-electron chi connectivity index (χ0n) is 28.3. The second-order valence-corrected chi connectivity index (χ2v) is 12.3. The fourth-order valence-electron chi connectivity index (χ4n) is 4.31. The number of nitrogens with one attached hydrogen (secondary N) is 2. The number of carboxylic acids is 3. The van der Waals surface area contributed by atoms with Crippen LogP contribution in [0.1, 0.15) is 44.1 Å². The van der Waals surface area contributed by atoms with Crippen molar-refractivity contribution in [3.05, 3.63) is 34.3 Å². The average molecular weight is 796 g/mol. The van der Waals surface area contributed by atoms with E-state index < -0.39 is 30.0 Å². The number of carboxylic acid groups (broad SMARTS) is 3. The molecular formula is C32H52BrN4O12P. The van der Waals surface area contributed by atoms with Crippen molar-refractivity contribution in [2.24, 2.45) is 5.73 Å². The lowest BCUT2D eigenvalue weighted by Gasteiger charge is -2.24. The maximum Gasteiger partial charge on any atom is 0.321 e. The van der Waals surface area contributed by atoms with E-state index in [0.717, 1.165) is 10.0 Å². The standard InChI is InChI=1S/C32H52BrN4O12P/c33-25-6-4-24(5-7-25)23-37(28(38)10-13-45-15-17-47-19-21-49-22-20-48-18-16-46-14-11-34)12-2-1-3-26(30(41)42)35-32(50)36-27(31(43)44)8-9-29(39)40/h4-7,26-27,35-36,50H,1-3,8-23,34H2,(H,39,40)(H,41,42)(H,43,44)/t26-,27-/m0/s1. The third kappa shape index (κ3) is 23.8. The first-order valence-corrected chi connectivity index (χ1v) is 17.7. The van der Waals surface area contributed by atoms with Gasteiger partial charge < -0.3 is 49.6 Å². The molecule has 0 saturated heterocycles. The Bertz CT molecular complexity index is 1130. The van der Waals surface area contributed by atoms with Crippen LogP contribution in [-0.4, -0.2) is 141 Å². The number of aliphatic carboxylic acids is 3. The van der Waals surface area contributed by atoms with E-state index in [1.54, 1.807) is 4.90 Å². The molecule has 0 radical (unpaired) electrons. The summed E-state index contributed by atoms with van der Waals surface area (Å²) in [4.78, 5) is 49.0. The van der Waals surface area contributed by atoms with Crippen molar-refractivity contribution in [1.29, 1.82) is 0 Å². The van der Waals surface area contributed by atoms with Crippen molar-refractivity contribution in [3.8, 4) is 0 Å². The normalized spacial score (nSPS) is 12.4. The molecular weight excluding hydrogens is 743 g/mol. The van der Waals surface area contributed by atoms with Gasteiger partial charge in [-0.05, 0) is 43.4 Å². The number of nitrogens with two attached hydrogens (primary N) is 1. The smallest absolute Gasteiger partial charge is 0.321 e. The highest BCUT2D eigenvalue weighted by Crippen LogP contribution is 2.14. The third-order valence-corrected chi connectivity index (χ3v) is 7.72. The molecule has 18 heteroatoms. The lowest BCUT2D eigenvalue weighted by Crippen LogP contribution is -2.50. The SMILES string of the molecule is NCCOCCOCCOCCOCCOCCC(=O)N(CCCC[C@H](NC(=P)N[C@@H](CCC(=O)O)C(=O)O)C(=O)O)Cc1ccc(Br)cc1. The highest BCUT2D eigenvalue weighted by Gasteiger charge is 2.23. The molecule has 7 N–H and O–H groups in total. The van der Waals surface area contributed by atoms with E-state index in [-0.39, 0.29) is 43.7 Å². The van der Waals surface area contributed by atoms with Gasteiger partial charge in [-0.15, -0.1) is 0 Å². The maximum absolute atomic E-state index is 13.2. The van der Waals surface area contributed by atoms with Crippen LogP contribution in [0, 0.1) is 0 Å². The van der Waals surface area contributed by atoms with Gasteiger partial charge in [-0.3, -0.25) is 29.8 Å². The first-order chi connectivity index (χ1) is 24.0. The first kappa shape index (κ1) is 45.5. The van der Waals surface area contributed by atoms with E-state index >= 15 is 0 Å². The lowest BCUT2D eigenvalue weighted by atomic mass is 10.1. The Balaban J connectivity index is 2.43. The Labute approximate surface area is 303 Å². The Morgan fingerprint density at radius 1 is 0.720 bits per heavy atom. The van der Waals surface area contributed by atoms with E-state index in [1.807, 2.05) is 24.3 Å². The summed E-state index contributed by atoms with van der Waals surface area (Å²) in [6.45, 7) is 5.39. The van der Waals surface area contributed by atoms with Crippen LogP contribution in [0.2, 0.25) is 0 Å². The highest BCUT2D eigenvalue weighted by molar-refractivity contribution is 9.10. The van der Waals surface area contributed by atoms with E-state index in [9.17, 15) is 29.4 Å². The van der Waals surface area contributed by atoms with E-state index in [2.05, 4.69) is 35.4 Å². The first-order valence-electron chi connectivity index (χ1n) is 16.4. The maximum atomic E-state index is 13.2. The van der Waals surface area contributed by atoms with Crippen molar-refractivity contribution >= 4 is 54.1 Å². The van der Waals surface area contributed by atoms with Crippen molar-refractivity contribution < 1.29 is 58.2 Å². The zero-order valence-corrected chi connectivity index (χ0v) is 30.9. The molecule has 0 heterocycles. The Morgan fingerprint density at radius 3 is 1.68 bits per heavy atom. The molecule has 0 aliphatic carbocycles. The van der Waals surface area contributed by atoms with E-state index in [1.165, 1.54) is 0 Å². The average Bonchev–Trinajstić information content (AvgIpc) is 3.07. The summed E-state index contributed by atoms with van der Waals surface area (Å²) in [7, 11) is 3.17. The summed E-state index contributed by atoms with van der Waals surface area (Å²) in [5.41, 5.74) is 6.29. The quantitative estimate of drug-likeness (QED) is 0.0438. The van der Waals surface area contributed by atoms with Gasteiger partial charge in [0.15, 0.2) is 0 Å². The molecule has 0 aromatic heterocycles. The summed E-state index contributed by atoms with van der Waals surface area (Å²) >= 11 is 3.42. The van der Waals surface area contributed by atoms with Crippen molar-refractivity contribution in [2.45, 2.75) is 57.2 Å². The van der Waals surface area contributed by atoms with Crippen LogP contribution in [0.15, 0.2) is 28.7 Å². The largest absolute Gasteiger partial charge is 0.481 e. The molecule has 2 atom stereocenters. The zero-order chi connectivity index (χ0) is 37.0. The second kappa shape index (κ2) is 29.1. The molecule has 1 aromatic rings. The number of carbonyl (C=O) groups excluding carboxylic acids is 1. The number of unbranched alkanes of at least 4 members (excludes halogenated alkanes) is 1. The molecule has 0 saturated carbocycles. The van der Waals surface area contributed by atoms with Crippen LogP contribution in [0.4, 0.5) is 0 Å². The molecule has 1 rings (SSSR count). The molecule has 0 spiro atoms. The number of hydrogen-bond donors (Lipinski definition) is 6. The number of ether oxygens (including phenoxy) is 5. The number of nitrogens with zero attached hydrogens (tertiary/aromatic N) is 1. The van der Waals surface area contributed by atoms with E-state index in [0.29, 0.717) is 91.9 Å². The fraction of sp³-hybridized carbons (Fsp3) is 0.656. The Kier molecular flexibility index (Phi) is 26.4. The summed E-state index contributed by atoms with van der Waals surface area (Å²) < 4.78 is 28.0. The minimum atomic E-state index is -1.27. The van der Waals surface area contributed by atoms with Crippen LogP contribution in [-0.2, 0) is 49.4 Å². The van der Waals surface area contributed by atoms with Crippen LogP contribution in [0.25, 0.3) is 0 Å². The molecule has 0 fully saturated rings. The molecule has 0 aliphatic rings. The summed E-state index contributed by atoms with van der Waals surface area (Å²) in [5.74, 6) is -3.68. The molecule has 1 amide bonds. The number of amides is 1. The number of halogens is 1. The van der Waals surface area contributed by atoms with Crippen LogP contribution < -0.4 is 16.4 Å². The van der Waals surface area contributed by atoms with Gasteiger partial charge in [0.05, 0.1) is 78.0 Å². The minimum absolute atomic E-state index is 0.0168. The fourth-order valence-corrected chi connectivity index (χ4v) is 4.92. The predicted octanol–water partition coefficient (Wildman–Crippen LogP) is 1.56. The molecule has 0 bridgehead atoms. The van der Waals surface area contributed by atoms with Gasteiger partial charge in [0, 0.05) is 30.5 Å². The van der Waals surface area contributed by atoms with Gasteiger partial charge in [0.1, 0.15) is 12.1 Å². The van der Waals surface area contributed by atoms with Gasteiger partial charge in [0.2, 0.25) is 5.91 Å². The van der Waals surface area contributed by atoms with Gasteiger partial charge in [-0.2, -0.15) is 0 Å². The van der Waals surface area contributed by atoms with Crippen LogP contribution in [0.5, 0.6) is 0 Å². The Morgan fingerprint density at radius 2 is 1.20 bits per heavy atom. The molecule has 1 aromatic carbocycles. The van der Waals surface area contributed by atoms with Crippen LogP contribution in [0.3, 0.4) is 0 Å². The van der Waals surface area contributed by atoms with E-state index in [4.69, 9.17) is 34.5 Å². The number of benzene rings is 1. The highest BCUT2D eigenvalue weighted by atomic mass is 79.9. The molecule has 16 nitrogen and oxygen atoms in total. The second-order valence-electron chi connectivity index (χ2n) is 10.9. The lowest BCUT2D eigenvalue weighted by molar-refractivity contribution is -0.140. The molecule has 284 valence electrons. The van der Waals surface area contributed by atoms with Crippen molar-refractivity contribution in [1.82, 2.24) is 15.5 Å². The van der Waals surface area contributed by atoms with Gasteiger partial charge in [-0.25, -0.2) is 0 Å². The molecule has 0 aliphatic heterocycles. The number of rotatable bonds is 33. The van der Waals surface area contributed by atoms with Crippen LogP contribution >= 0.6 is 24.8 Å². The monoisotopic (exact) mass is 794 g/mol. The number of hydrogen-bond acceptors (Lipinski definition) is 10. The van der Waals surface area contributed by atoms with Crippen molar-refractivity contribution in [3.63, 3.8) is 0 Å².